The summed E-state index contributed by atoms with van der Waals surface area (Å²) in [6, 6.07) is 7.08. The van der Waals surface area contributed by atoms with Crippen molar-refractivity contribution < 1.29 is 19.1 Å². The van der Waals surface area contributed by atoms with Crippen molar-refractivity contribution in [2.75, 3.05) is 6.79 Å². The highest BCUT2D eigenvalue weighted by molar-refractivity contribution is 6.31. The molecule has 24 heavy (non-hydrogen) atoms. The molecule has 0 saturated heterocycles. The van der Waals surface area contributed by atoms with Gasteiger partial charge in [-0.05, 0) is 51.7 Å². The monoisotopic (exact) mass is 353 g/mol. The summed E-state index contributed by atoms with van der Waals surface area (Å²) in [5.41, 5.74) is 5.21. The molecule has 0 spiro atoms. The predicted molar refractivity (Wildman–Crippen MR) is 91.5 cm³/mol. The first-order chi connectivity index (χ1) is 11.2. The first kappa shape index (κ1) is 18.9. The molecule has 1 fully saturated rings. The molecule has 0 aromatic heterocycles. The Morgan fingerprint density at radius 1 is 1.38 bits per heavy atom. The fourth-order valence-electron chi connectivity index (χ4n) is 2.74. The summed E-state index contributed by atoms with van der Waals surface area (Å²) in [5.74, 6) is -0.607. The second-order valence-corrected chi connectivity index (χ2v) is 7.57. The van der Waals surface area contributed by atoms with Crippen LogP contribution in [0.25, 0.3) is 0 Å². The fourth-order valence-corrected chi connectivity index (χ4v) is 3.05. The van der Waals surface area contributed by atoms with Crippen LogP contribution < -0.4 is 5.73 Å². The molecule has 0 bridgehead atoms. The van der Waals surface area contributed by atoms with Crippen molar-refractivity contribution in [1.82, 2.24) is 0 Å². The van der Waals surface area contributed by atoms with Gasteiger partial charge in [-0.25, -0.2) is 0 Å². The summed E-state index contributed by atoms with van der Waals surface area (Å²) in [5, 5.41) is 0.466. The molecule has 1 saturated carbocycles. The summed E-state index contributed by atoms with van der Waals surface area (Å²) < 4.78 is 10.6. The molecular formula is C18H24ClNO4. The van der Waals surface area contributed by atoms with Crippen LogP contribution in [0.3, 0.4) is 0 Å². The third-order valence-corrected chi connectivity index (χ3v) is 4.53. The third-order valence-electron chi connectivity index (χ3n) is 4.20. The summed E-state index contributed by atoms with van der Waals surface area (Å²) in [6.45, 7) is 5.00. The minimum absolute atomic E-state index is 0.228. The Morgan fingerprint density at radius 3 is 2.67 bits per heavy atom. The predicted octanol–water partition coefficient (Wildman–Crippen LogP) is 3.18. The van der Waals surface area contributed by atoms with Crippen LogP contribution in [0, 0.1) is 5.41 Å². The van der Waals surface area contributed by atoms with Gasteiger partial charge >= 0.3 is 5.97 Å². The van der Waals surface area contributed by atoms with Crippen molar-refractivity contribution in [3.63, 3.8) is 0 Å². The Kier molecular flexibility index (Phi) is 5.68. The van der Waals surface area contributed by atoms with E-state index in [1.165, 1.54) is 0 Å². The highest BCUT2D eigenvalue weighted by Crippen LogP contribution is 2.36. The lowest BCUT2D eigenvalue weighted by molar-refractivity contribution is -0.175. The molecule has 2 atom stereocenters. The van der Waals surface area contributed by atoms with Crippen LogP contribution in [-0.4, -0.2) is 24.6 Å². The Labute approximate surface area is 147 Å². The summed E-state index contributed by atoms with van der Waals surface area (Å²) in [7, 11) is 0. The zero-order chi connectivity index (χ0) is 18.0. The Balaban J connectivity index is 2.05. The van der Waals surface area contributed by atoms with Gasteiger partial charge in [0.05, 0.1) is 5.41 Å². The van der Waals surface area contributed by atoms with Gasteiger partial charge < -0.3 is 15.2 Å². The molecule has 1 aliphatic carbocycles. The van der Waals surface area contributed by atoms with E-state index in [1.54, 1.807) is 45.0 Å². The molecule has 132 valence electrons. The lowest BCUT2D eigenvalue weighted by Gasteiger charge is -2.37. The second kappa shape index (κ2) is 7.21. The highest BCUT2D eigenvalue weighted by Gasteiger charge is 2.44. The topological polar surface area (TPSA) is 78.6 Å². The Bertz CT molecular complexity index is 626. The van der Waals surface area contributed by atoms with Gasteiger partial charge in [0.2, 0.25) is 0 Å². The van der Waals surface area contributed by atoms with E-state index in [0.717, 1.165) is 6.42 Å². The number of Topliss-reactive ketones (excluding diaryl/α,β-unsaturated/α-hetero) is 1. The standard InChI is InChI=1S/C18H24ClNO4/c1-17(2,3)16(22)24-11-23-14-9-6-10-18(20,15(14)21)12-7-4-5-8-13(12)19/h4-5,7-8,14H,6,9-11,20H2,1-3H3/t14-,18-/m1/s1. The normalized spacial score (nSPS) is 24.7. The van der Waals surface area contributed by atoms with Crippen molar-refractivity contribution >= 4 is 23.4 Å². The maximum atomic E-state index is 12.8. The Hall–Kier alpha value is -1.43. The molecule has 0 heterocycles. The van der Waals surface area contributed by atoms with Gasteiger partial charge in [0, 0.05) is 5.02 Å². The van der Waals surface area contributed by atoms with E-state index in [4.69, 9.17) is 26.8 Å². The molecule has 1 aliphatic rings. The summed E-state index contributed by atoms with van der Waals surface area (Å²) in [6.07, 6.45) is 1.09. The average molecular weight is 354 g/mol. The van der Waals surface area contributed by atoms with Crippen LogP contribution in [0.1, 0.15) is 45.6 Å². The number of carbonyl (C=O) groups is 2. The molecular weight excluding hydrogens is 330 g/mol. The number of rotatable bonds is 4. The highest BCUT2D eigenvalue weighted by atomic mass is 35.5. The second-order valence-electron chi connectivity index (χ2n) is 7.16. The maximum absolute atomic E-state index is 12.8. The largest absolute Gasteiger partial charge is 0.438 e. The van der Waals surface area contributed by atoms with Crippen LogP contribution in [-0.2, 0) is 24.6 Å². The van der Waals surface area contributed by atoms with Crippen LogP contribution in [0.5, 0.6) is 0 Å². The van der Waals surface area contributed by atoms with E-state index in [1.807, 2.05) is 0 Å². The average Bonchev–Trinajstić information content (AvgIpc) is 2.51. The van der Waals surface area contributed by atoms with Crippen LogP contribution in [0.2, 0.25) is 5.02 Å². The number of hydrogen-bond donors (Lipinski definition) is 1. The van der Waals surface area contributed by atoms with Crippen LogP contribution in [0.15, 0.2) is 24.3 Å². The van der Waals surface area contributed by atoms with E-state index in [-0.39, 0.29) is 18.5 Å². The number of halogens is 1. The molecule has 6 heteroatoms. The summed E-state index contributed by atoms with van der Waals surface area (Å²) >= 11 is 6.21. The van der Waals surface area contributed by atoms with Gasteiger partial charge in [-0.3, -0.25) is 9.59 Å². The van der Waals surface area contributed by atoms with Crippen molar-refractivity contribution in [3.05, 3.63) is 34.9 Å². The summed E-state index contributed by atoms with van der Waals surface area (Å²) in [4.78, 5) is 24.6. The van der Waals surface area contributed by atoms with Gasteiger partial charge in [0.1, 0.15) is 11.6 Å². The molecule has 2 rings (SSSR count). The van der Waals surface area contributed by atoms with E-state index < -0.39 is 17.1 Å². The smallest absolute Gasteiger partial charge is 0.313 e. The minimum atomic E-state index is -1.17. The van der Waals surface area contributed by atoms with Crippen molar-refractivity contribution in [3.8, 4) is 0 Å². The lowest BCUT2D eigenvalue weighted by Crippen LogP contribution is -2.53. The third kappa shape index (κ3) is 3.97. The molecule has 5 nitrogen and oxygen atoms in total. The van der Waals surface area contributed by atoms with E-state index >= 15 is 0 Å². The van der Waals surface area contributed by atoms with Gasteiger partial charge in [0.15, 0.2) is 12.6 Å². The molecule has 0 unspecified atom stereocenters. The SMILES string of the molecule is CC(C)(C)C(=O)OCO[C@@H]1CCC[C@@](N)(c2ccccc2Cl)C1=O. The van der Waals surface area contributed by atoms with Gasteiger partial charge in [0.25, 0.3) is 0 Å². The number of benzene rings is 1. The molecule has 0 radical (unpaired) electrons. The van der Waals surface area contributed by atoms with E-state index in [9.17, 15) is 9.59 Å². The first-order valence-corrected chi connectivity index (χ1v) is 8.41. The lowest BCUT2D eigenvalue weighted by atomic mass is 9.75. The number of ether oxygens (including phenoxy) is 2. The van der Waals surface area contributed by atoms with Crippen molar-refractivity contribution in [1.29, 1.82) is 0 Å². The number of nitrogens with two attached hydrogens (primary N) is 1. The van der Waals surface area contributed by atoms with Gasteiger partial charge in [-0.1, -0.05) is 29.8 Å². The Morgan fingerprint density at radius 2 is 2.04 bits per heavy atom. The van der Waals surface area contributed by atoms with E-state index in [0.29, 0.717) is 23.4 Å². The number of hydrogen-bond acceptors (Lipinski definition) is 5. The van der Waals surface area contributed by atoms with Crippen molar-refractivity contribution in [2.24, 2.45) is 11.1 Å². The zero-order valence-corrected chi connectivity index (χ0v) is 15.1. The molecule has 1 aromatic carbocycles. The van der Waals surface area contributed by atoms with E-state index in [2.05, 4.69) is 0 Å². The van der Waals surface area contributed by atoms with Gasteiger partial charge in [-0.15, -0.1) is 0 Å². The van der Waals surface area contributed by atoms with Crippen LogP contribution in [0.4, 0.5) is 0 Å². The molecule has 0 aliphatic heterocycles. The van der Waals surface area contributed by atoms with Crippen LogP contribution >= 0.6 is 11.6 Å². The van der Waals surface area contributed by atoms with Gasteiger partial charge in [-0.2, -0.15) is 0 Å². The fraction of sp³-hybridized carbons (Fsp3) is 0.556. The van der Waals surface area contributed by atoms with Crippen molar-refractivity contribution in [2.45, 2.75) is 51.7 Å². The molecule has 0 amide bonds. The quantitative estimate of drug-likeness (QED) is 0.664. The molecule has 1 aromatic rings. The maximum Gasteiger partial charge on any atom is 0.313 e. The number of esters is 1. The zero-order valence-electron chi connectivity index (χ0n) is 14.3. The number of carbonyl (C=O) groups excluding carboxylic acids is 2. The number of ketones is 1. The first-order valence-electron chi connectivity index (χ1n) is 8.03. The minimum Gasteiger partial charge on any atom is -0.438 e. The molecule has 2 N–H and O–H groups in total.